The zero-order valence-corrected chi connectivity index (χ0v) is 10.0. The quantitative estimate of drug-likeness (QED) is 0.592. The second-order valence-corrected chi connectivity index (χ2v) is 4.20. The minimum atomic E-state index is -1.26. The van der Waals surface area contributed by atoms with Crippen molar-refractivity contribution in [1.82, 2.24) is 0 Å². The van der Waals surface area contributed by atoms with Gasteiger partial charge in [0.15, 0.2) is 8.60 Å². The monoisotopic (exact) mass is 241 g/mol. The molecule has 0 aromatic carbocycles. The molecule has 0 aromatic heterocycles. The molecule has 0 aliphatic heterocycles. The molecule has 0 atom stereocenters. The molecule has 6 nitrogen and oxygen atoms in total. The van der Waals surface area contributed by atoms with Gasteiger partial charge in [-0.2, -0.15) is 4.52 Å². The number of hydrogen-bond donors (Lipinski definition) is 2. The summed E-state index contributed by atoms with van der Waals surface area (Å²) in [4.78, 5) is 0. The molecular weight excluding hydrogens is 224 g/mol. The fourth-order valence-electron chi connectivity index (χ4n) is 0.464. The molecule has 0 bridgehead atoms. The Morgan fingerprint density at radius 3 is 2.21 bits per heavy atom. The Labute approximate surface area is 87.2 Å². The van der Waals surface area contributed by atoms with Gasteiger partial charge in [0, 0.05) is 13.1 Å². The van der Waals surface area contributed by atoms with E-state index in [2.05, 4.69) is 4.52 Å². The van der Waals surface area contributed by atoms with Crippen molar-refractivity contribution < 1.29 is 13.6 Å². The van der Waals surface area contributed by atoms with E-state index in [4.69, 9.17) is 25.0 Å². The molecule has 84 valence electrons. The molecule has 14 heavy (non-hydrogen) atoms. The molecule has 8 heteroatoms. The molecule has 0 rings (SSSR count). The molecule has 0 spiro atoms. The Morgan fingerprint density at radius 2 is 1.79 bits per heavy atom. The molecule has 0 unspecified atom stereocenters. The van der Waals surface area contributed by atoms with E-state index in [1.807, 2.05) is 6.92 Å². The van der Waals surface area contributed by atoms with Crippen molar-refractivity contribution in [3.8, 4) is 0 Å². The van der Waals surface area contributed by atoms with Gasteiger partial charge in [-0.05, 0) is 6.92 Å². The van der Waals surface area contributed by atoms with Crippen molar-refractivity contribution in [3.63, 3.8) is 0 Å². The summed E-state index contributed by atoms with van der Waals surface area (Å²) in [5.74, 6) is 0. The van der Waals surface area contributed by atoms with E-state index < -0.39 is 8.53 Å². The van der Waals surface area contributed by atoms with Gasteiger partial charge >= 0.3 is 8.53 Å². The van der Waals surface area contributed by atoms with Crippen molar-refractivity contribution in [2.75, 3.05) is 32.9 Å². The molecule has 0 aliphatic rings. The van der Waals surface area contributed by atoms with Crippen LogP contribution >= 0.6 is 17.1 Å². The van der Waals surface area contributed by atoms with Gasteiger partial charge < -0.3 is 25.0 Å². The second-order valence-electron chi connectivity index (χ2n) is 2.07. The molecule has 0 saturated carbocycles. The minimum Gasteiger partial charge on any atom is -0.328 e. The van der Waals surface area contributed by atoms with E-state index in [0.717, 1.165) is 0 Å². The maximum absolute atomic E-state index is 5.29. The maximum Gasteiger partial charge on any atom is 0.316 e. The highest BCUT2D eigenvalue weighted by Gasteiger charge is 2.07. The van der Waals surface area contributed by atoms with Crippen LogP contribution < -0.4 is 11.5 Å². The zero-order valence-electron chi connectivity index (χ0n) is 8.26. The van der Waals surface area contributed by atoms with E-state index in [9.17, 15) is 0 Å². The Balaban J connectivity index is 3.71. The normalized spacial score (nSPS) is 11.7. The summed E-state index contributed by atoms with van der Waals surface area (Å²) in [5.41, 5.74) is 10.6. The van der Waals surface area contributed by atoms with Crippen molar-refractivity contribution in [2.45, 2.75) is 6.92 Å². The van der Waals surface area contributed by atoms with Crippen LogP contribution in [0.1, 0.15) is 6.92 Å². The Hall–Kier alpha value is 0.330. The highest BCUT2D eigenvalue weighted by Crippen LogP contribution is 2.42. The third-order valence-corrected chi connectivity index (χ3v) is 2.99. The standard InChI is InChI=1S/C6H17N3O3P2/c1-2-10-13-9-14(11-5-3-7)12-6-4-8/h2-8H2,1H3. The summed E-state index contributed by atoms with van der Waals surface area (Å²) < 4.78 is 19.6. The van der Waals surface area contributed by atoms with E-state index in [-0.39, 0.29) is 0 Å². The van der Waals surface area contributed by atoms with Gasteiger partial charge in [0.25, 0.3) is 0 Å². The highest BCUT2D eigenvalue weighted by atomic mass is 31.2. The van der Waals surface area contributed by atoms with E-state index >= 15 is 0 Å². The van der Waals surface area contributed by atoms with Crippen LogP contribution in [-0.2, 0) is 13.6 Å². The first kappa shape index (κ1) is 14.3. The lowest BCUT2D eigenvalue weighted by Crippen LogP contribution is -2.09. The second kappa shape index (κ2) is 11.4. The van der Waals surface area contributed by atoms with Gasteiger partial charge in [-0.25, -0.2) is 0 Å². The number of nitrogens with zero attached hydrogens (tertiary/aromatic N) is 1. The van der Waals surface area contributed by atoms with Crippen LogP contribution in [0.15, 0.2) is 4.52 Å². The summed E-state index contributed by atoms with van der Waals surface area (Å²) in [6.07, 6.45) is 0. The fraction of sp³-hybridized carbons (Fsp3) is 1.00. The van der Waals surface area contributed by atoms with Crippen molar-refractivity contribution >= 4 is 17.1 Å². The summed E-state index contributed by atoms with van der Waals surface area (Å²) in [5, 5.41) is 0. The fourth-order valence-corrected chi connectivity index (χ4v) is 2.04. The predicted octanol–water partition coefficient (Wildman–Crippen LogP) is 1.25. The van der Waals surface area contributed by atoms with E-state index in [1.54, 1.807) is 0 Å². The molecule has 0 radical (unpaired) electrons. The number of rotatable bonds is 9. The highest BCUT2D eigenvalue weighted by molar-refractivity contribution is 7.50. The molecule has 0 amide bonds. The molecule has 0 heterocycles. The topological polar surface area (TPSA) is 92.1 Å². The Morgan fingerprint density at radius 1 is 1.21 bits per heavy atom. The lowest BCUT2D eigenvalue weighted by Gasteiger charge is -2.10. The smallest absolute Gasteiger partial charge is 0.316 e. The number of nitrogens with two attached hydrogens (primary N) is 2. The third kappa shape index (κ3) is 8.91. The van der Waals surface area contributed by atoms with Crippen LogP contribution in [0, 0.1) is 0 Å². The average molecular weight is 241 g/mol. The van der Waals surface area contributed by atoms with Crippen LogP contribution in [-0.4, -0.2) is 32.9 Å². The predicted molar refractivity (Wildman–Crippen MR) is 57.9 cm³/mol. The van der Waals surface area contributed by atoms with Gasteiger partial charge in [-0.15, -0.1) is 0 Å². The first-order valence-electron chi connectivity index (χ1n) is 4.34. The van der Waals surface area contributed by atoms with Gasteiger partial charge in [0.05, 0.1) is 19.8 Å². The van der Waals surface area contributed by atoms with Crippen LogP contribution in [0.5, 0.6) is 0 Å². The molecule has 4 N–H and O–H groups in total. The van der Waals surface area contributed by atoms with Gasteiger partial charge in [-0.3, -0.25) is 0 Å². The Kier molecular flexibility index (Phi) is 11.7. The van der Waals surface area contributed by atoms with Crippen molar-refractivity contribution in [1.29, 1.82) is 0 Å². The lowest BCUT2D eigenvalue weighted by molar-refractivity contribution is 0.260. The summed E-state index contributed by atoms with van der Waals surface area (Å²) >= 11 is 0. The van der Waals surface area contributed by atoms with E-state index in [0.29, 0.717) is 41.5 Å². The summed E-state index contributed by atoms with van der Waals surface area (Å²) in [6, 6.07) is 0. The van der Waals surface area contributed by atoms with Gasteiger partial charge in [0.1, 0.15) is 0 Å². The first-order valence-corrected chi connectivity index (χ1v) is 6.23. The molecule has 0 aromatic rings. The average Bonchev–Trinajstić information content (AvgIpc) is 2.21. The van der Waals surface area contributed by atoms with Gasteiger partial charge in [-0.1, -0.05) is 0 Å². The van der Waals surface area contributed by atoms with Crippen molar-refractivity contribution in [2.24, 2.45) is 16.0 Å². The van der Waals surface area contributed by atoms with Gasteiger partial charge in [0.2, 0.25) is 0 Å². The maximum atomic E-state index is 5.29. The van der Waals surface area contributed by atoms with Crippen LogP contribution in [0.3, 0.4) is 0 Å². The summed E-state index contributed by atoms with van der Waals surface area (Å²) in [7, 11) is -0.736. The van der Waals surface area contributed by atoms with Crippen molar-refractivity contribution in [3.05, 3.63) is 0 Å². The largest absolute Gasteiger partial charge is 0.328 e. The van der Waals surface area contributed by atoms with Crippen LogP contribution in [0.25, 0.3) is 0 Å². The molecule has 0 saturated heterocycles. The Bertz CT molecular complexity index is 142. The summed E-state index contributed by atoms with van der Waals surface area (Å²) in [6.45, 7) is 4.27. The van der Waals surface area contributed by atoms with Crippen LogP contribution in [0.2, 0.25) is 0 Å². The number of hydrogen-bond acceptors (Lipinski definition) is 6. The molecular formula is C6H17N3O3P2. The molecule has 0 fully saturated rings. The SMILES string of the molecule is CCOP=NP(OCCN)OCCN. The molecule has 0 aliphatic carbocycles. The van der Waals surface area contributed by atoms with Crippen LogP contribution in [0.4, 0.5) is 0 Å². The minimum absolute atomic E-state index is 0.432. The zero-order chi connectivity index (χ0) is 10.6. The lowest BCUT2D eigenvalue weighted by atomic mass is 10.8. The van der Waals surface area contributed by atoms with E-state index in [1.165, 1.54) is 0 Å². The third-order valence-electron chi connectivity index (χ3n) is 0.936. The first-order chi connectivity index (χ1) is 6.85.